The fourth-order valence-electron chi connectivity index (χ4n) is 1.00. The van der Waals surface area contributed by atoms with Crippen LogP contribution in [-0.2, 0) is 0 Å². The van der Waals surface area contributed by atoms with Crippen LogP contribution in [-0.4, -0.2) is 35.3 Å². The molecule has 1 atom stereocenters. The maximum absolute atomic E-state index is 4.13. The van der Waals surface area contributed by atoms with Crippen LogP contribution in [0.15, 0.2) is 8.68 Å². The van der Waals surface area contributed by atoms with Crippen LogP contribution in [0.4, 0.5) is 0 Å². The third kappa shape index (κ3) is 5.19. The molecule has 3 nitrogen and oxygen atoms in total. The van der Waals surface area contributed by atoms with Crippen LogP contribution in [0.1, 0.15) is 13.8 Å². The molecule has 0 saturated carbocycles. The Labute approximate surface area is 104 Å². The highest BCUT2D eigenvalue weighted by atomic mass is 32.2. The summed E-state index contributed by atoms with van der Waals surface area (Å²) in [5.74, 6) is 1.78. The van der Waals surface area contributed by atoms with E-state index in [1.165, 1.54) is 0 Å². The van der Waals surface area contributed by atoms with Gasteiger partial charge in [-0.1, -0.05) is 48.7 Å². The van der Waals surface area contributed by atoms with Crippen molar-refractivity contribution < 1.29 is 0 Å². The summed E-state index contributed by atoms with van der Waals surface area (Å²) in [7, 11) is 0. The van der Waals surface area contributed by atoms with Crippen molar-refractivity contribution in [3.05, 3.63) is 0 Å². The lowest BCUT2D eigenvalue weighted by atomic mass is 10.2. The average molecular weight is 263 g/mol. The minimum Gasteiger partial charge on any atom is -0.317 e. The molecule has 0 aliphatic heterocycles. The van der Waals surface area contributed by atoms with E-state index in [1.807, 2.05) is 6.26 Å². The Bertz CT molecular complexity index is 277. The molecule has 0 aliphatic rings. The number of nitrogens with zero attached hydrogens (tertiary/aromatic N) is 2. The van der Waals surface area contributed by atoms with E-state index in [0.29, 0.717) is 5.92 Å². The Morgan fingerprint density at radius 1 is 1.40 bits per heavy atom. The van der Waals surface area contributed by atoms with Crippen molar-refractivity contribution in [1.29, 1.82) is 0 Å². The molecule has 15 heavy (non-hydrogen) atoms. The first-order valence-corrected chi connectivity index (χ1v) is 8.00. The van der Waals surface area contributed by atoms with Crippen LogP contribution in [0.25, 0.3) is 0 Å². The number of hydrogen-bond acceptors (Lipinski definition) is 6. The van der Waals surface area contributed by atoms with Gasteiger partial charge in [0.15, 0.2) is 8.68 Å². The predicted octanol–water partition coefficient (Wildman–Crippen LogP) is 2.60. The second-order valence-electron chi connectivity index (χ2n) is 3.26. The number of aromatic nitrogens is 2. The number of hydrogen-bond donors (Lipinski definition) is 1. The number of thioether (sulfide) groups is 2. The minimum atomic E-state index is 0.677. The lowest BCUT2D eigenvalue weighted by Crippen LogP contribution is -2.21. The van der Waals surface area contributed by atoms with E-state index >= 15 is 0 Å². The van der Waals surface area contributed by atoms with E-state index < -0.39 is 0 Å². The first-order valence-electron chi connectivity index (χ1n) is 4.97. The molecule has 0 radical (unpaired) electrons. The van der Waals surface area contributed by atoms with Crippen molar-refractivity contribution in [2.45, 2.75) is 22.5 Å². The maximum atomic E-state index is 4.13. The molecule has 1 aromatic heterocycles. The predicted molar refractivity (Wildman–Crippen MR) is 70.1 cm³/mol. The summed E-state index contributed by atoms with van der Waals surface area (Å²) >= 11 is 5.15. The van der Waals surface area contributed by atoms with Crippen molar-refractivity contribution in [3.63, 3.8) is 0 Å². The second-order valence-corrected chi connectivity index (χ2v) is 6.56. The topological polar surface area (TPSA) is 37.8 Å². The van der Waals surface area contributed by atoms with Crippen molar-refractivity contribution in [2.75, 3.05) is 25.1 Å². The van der Waals surface area contributed by atoms with Gasteiger partial charge < -0.3 is 5.32 Å². The number of rotatable bonds is 7. The van der Waals surface area contributed by atoms with Gasteiger partial charge in [-0.15, -0.1) is 10.2 Å². The van der Waals surface area contributed by atoms with E-state index in [-0.39, 0.29) is 0 Å². The molecule has 0 aliphatic carbocycles. The zero-order chi connectivity index (χ0) is 11.1. The molecule has 86 valence electrons. The molecule has 0 fully saturated rings. The van der Waals surface area contributed by atoms with Gasteiger partial charge in [0, 0.05) is 5.75 Å². The summed E-state index contributed by atoms with van der Waals surface area (Å²) in [4.78, 5) is 0. The Hall–Kier alpha value is 0.220. The van der Waals surface area contributed by atoms with E-state index in [2.05, 4.69) is 29.4 Å². The summed E-state index contributed by atoms with van der Waals surface area (Å²) in [6.07, 6.45) is 2.03. The Morgan fingerprint density at radius 2 is 2.13 bits per heavy atom. The smallest absolute Gasteiger partial charge is 0.175 e. The van der Waals surface area contributed by atoms with E-state index in [4.69, 9.17) is 0 Å². The fraction of sp³-hybridized carbons (Fsp3) is 0.778. The SMILES string of the molecule is CCNCC(C)CSc1nnc(SC)s1. The summed E-state index contributed by atoms with van der Waals surface area (Å²) in [5.41, 5.74) is 0. The molecular formula is C9H17N3S3. The molecule has 0 spiro atoms. The lowest BCUT2D eigenvalue weighted by molar-refractivity contribution is 0.574. The highest BCUT2D eigenvalue weighted by Crippen LogP contribution is 2.28. The van der Waals surface area contributed by atoms with Crippen LogP contribution < -0.4 is 5.32 Å². The lowest BCUT2D eigenvalue weighted by Gasteiger charge is -2.09. The molecule has 0 bridgehead atoms. The molecule has 0 saturated heterocycles. The third-order valence-corrected chi connectivity index (χ3v) is 5.16. The molecule has 0 aromatic carbocycles. The van der Waals surface area contributed by atoms with Gasteiger partial charge in [0.1, 0.15) is 0 Å². The highest BCUT2D eigenvalue weighted by molar-refractivity contribution is 8.02. The monoisotopic (exact) mass is 263 g/mol. The molecule has 0 amide bonds. The van der Waals surface area contributed by atoms with Gasteiger partial charge in [0.2, 0.25) is 0 Å². The van der Waals surface area contributed by atoms with Crippen LogP contribution in [0.5, 0.6) is 0 Å². The Kier molecular flexibility index (Phi) is 6.63. The van der Waals surface area contributed by atoms with E-state index in [9.17, 15) is 0 Å². The van der Waals surface area contributed by atoms with Crippen molar-refractivity contribution >= 4 is 34.9 Å². The van der Waals surface area contributed by atoms with Crippen LogP contribution >= 0.6 is 34.9 Å². The second kappa shape index (κ2) is 7.49. The summed E-state index contributed by atoms with van der Waals surface area (Å²) in [6, 6.07) is 0. The van der Waals surface area contributed by atoms with Gasteiger partial charge >= 0.3 is 0 Å². The molecule has 6 heteroatoms. The summed E-state index contributed by atoms with van der Waals surface area (Å²) in [6.45, 7) is 6.52. The van der Waals surface area contributed by atoms with Crippen molar-refractivity contribution in [3.8, 4) is 0 Å². The van der Waals surface area contributed by atoms with Crippen molar-refractivity contribution in [1.82, 2.24) is 15.5 Å². The first-order chi connectivity index (χ1) is 7.26. The van der Waals surface area contributed by atoms with Crippen LogP contribution in [0, 0.1) is 5.92 Å². The van der Waals surface area contributed by atoms with Gasteiger partial charge in [-0.3, -0.25) is 0 Å². The Balaban J connectivity index is 2.24. The molecule has 1 aromatic rings. The molecule has 1 unspecified atom stereocenters. The summed E-state index contributed by atoms with van der Waals surface area (Å²) < 4.78 is 2.14. The first kappa shape index (κ1) is 13.3. The quantitative estimate of drug-likeness (QED) is 0.765. The van der Waals surface area contributed by atoms with Gasteiger partial charge in [-0.2, -0.15) is 0 Å². The van der Waals surface area contributed by atoms with E-state index in [1.54, 1.807) is 34.9 Å². The average Bonchev–Trinajstić information content (AvgIpc) is 2.71. The van der Waals surface area contributed by atoms with E-state index in [0.717, 1.165) is 27.5 Å². The molecule has 1 rings (SSSR count). The standard InChI is InChI=1S/C9H17N3S3/c1-4-10-5-7(2)6-14-9-12-11-8(13-3)15-9/h7,10H,4-6H2,1-3H3. The van der Waals surface area contributed by atoms with Gasteiger partial charge in [-0.05, 0) is 25.3 Å². The van der Waals surface area contributed by atoms with Crippen molar-refractivity contribution in [2.24, 2.45) is 5.92 Å². The van der Waals surface area contributed by atoms with Crippen LogP contribution in [0.2, 0.25) is 0 Å². The zero-order valence-electron chi connectivity index (χ0n) is 9.32. The van der Waals surface area contributed by atoms with Crippen LogP contribution in [0.3, 0.4) is 0 Å². The summed E-state index contributed by atoms with van der Waals surface area (Å²) in [5, 5.41) is 11.5. The zero-order valence-corrected chi connectivity index (χ0v) is 11.8. The van der Waals surface area contributed by atoms with Gasteiger partial charge in [-0.25, -0.2) is 0 Å². The Morgan fingerprint density at radius 3 is 2.73 bits per heavy atom. The fourth-order valence-corrected chi connectivity index (χ4v) is 3.48. The number of nitrogens with one attached hydrogen (secondary N) is 1. The molecular weight excluding hydrogens is 246 g/mol. The van der Waals surface area contributed by atoms with Gasteiger partial charge in [0.25, 0.3) is 0 Å². The minimum absolute atomic E-state index is 0.677. The normalized spacial score (nSPS) is 13.0. The molecule has 1 N–H and O–H groups in total. The maximum Gasteiger partial charge on any atom is 0.175 e. The molecule has 1 heterocycles. The third-order valence-electron chi connectivity index (χ3n) is 1.80. The largest absolute Gasteiger partial charge is 0.317 e. The highest BCUT2D eigenvalue weighted by Gasteiger charge is 2.06. The van der Waals surface area contributed by atoms with Gasteiger partial charge in [0.05, 0.1) is 0 Å².